The second-order valence-electron chi connectivity index (χ2n) is 6.14. The summed E-state index contributed by atoms with van der Waals surface area (Å²) in [6, 6.07) is 9.04. The van der Waals surface area contributed by atoms with Gasteiger partial charge in [0.15, 0.2) is 0 Å². The number of hydrogen-bond donors (Lipinski definition) is 2. The maximum atomic E-state index is 13.7. The molecule has 0 aliphatic rings. The van der Waals surface area contributed by atoms with Gasteiger partial charge in [-0.2, -0.15) is 0 Å². The maximum absolute atomic E-state index is 13.7. The third-order valence-electron chi connectivity index (χ3n) is 4.11. The van der Waals surface area contributed by atoms with Crippen LogP contribution in [0.15, 0.2) is 36.4 Å². The van der Waals surface area contributed by atoms with E-state index in [2.05, 4.69) is 5.32 Å². The molecule has 4 nitrogen and oxygen atoms in total. The minimum atomic E-state index is -1.36. The summed E-state index contributed by atoms with van der Waals surface area (Å²) >= 11 is 0. The van der Waals surface area contributed by atoms with E-state index < -0.39 is 17.7 Å². The molecule has 1 atom stereocenters. The highest BCUT2D eigenvalue weighted by Crippen LogP contribution is 2.21. The third kappa shape index (κ3) is 4.84. The van der Waals surface area contributed by atoms with Crippen molar-refractivity contribution in [3.05, 3.63) is 64.7 Å². The molecular formula is C19H22F2N2O2. The summed E-state index contributed by atoms with van der Waals surface area (Å²) in [5.74, 6) is -1.88. The number of halogens is 2. The minimum Gasteiger partial charge on any atom is -0.387 e. The fraction of sp³-hybridized carbons (Fsp3) is 0.316. The van der Waals surface area contributed by atoms with Gasteiger partial charge in [0.1, 0.15) is 11.6 Å². The molecule has 2 N–H and O–H groups in total. The molecule has 2 rings (SSSR count). The van der Waals surface area contributed by atoms with Crippen molar-refractivity contribution >= 4 is 11.6 Å². The van der Waals surface area contributed by atoms with E-state index in [0.717, 1.165) is 28.9 Å². The molecule has 0 aliphatic heterocycles. The maximum Gasteiger partial charge on any atom is 0.238 e. The van der Waals surface area contributed by atoms with Crippen molar-refractivity contribution in [2.75, 3.05) is 25.5 Å². The topological polar surface area (TPSA) is 52.6 Å². The third-order valence-corrected chi connectivity index (χ3v) is 4.11. The van der Waals surface area contributed by atoms with Gasteiger partial charge in [0, 0.05) is 12.2 Å². The number of rotatable bonds is 6. The van der Waals surface area contributed by atoms with E-state index >= 15 is 0 Å². The standard InChI is InChI=1S/C19H22F2N2O2/c1-12-6-4-9-16(13(12)2)22-18(25)11-23(3)10-17(24)19-14(20)7-5-8-15(19)21/h4-9,17,24H,10-11H2,1-3H3,(H,22,25). The van der Waals surface area contributed by atoms with Crippen molar-refractivity contribution in [2.24, 2.45) is 0 Å². The predicted molar refractivity (Wildman–Crippen MR) is 93.4 cm³/mol. The highest BCUT2D eigenvalue weighted by Gasteiger charge is 2.20. The van der Waals surface area contributed by atoms with Crippen LogP contribution in [-0.4, -0.2) is 36.1 Å². The first-order chi connectivity index (χ1) is 11.8. The highest BCUT2D eigenvalue weighted by atomic mass is 19.1. The Balaban J connectivity index is 1.96. The number of likely N-dealkylation sites (N-methyl/N-ethyl adjacent to an activating group) is 1. The minimum absolute atomic E-state index is 0.0134. The number of aliphatic hydroxyl groups excluding tert-OH is 1. The van der Waals surface area contributed by atoms with E-state index in [9.17, 15) is 18.7 Å². The summed E-state index contributed by atoms with van der Waals surface area (Å²) in [5.41, 5.74) is 2.38. The van der Waals surface area contributed by atoms with Crippen LogP contribution in [0.4, 0.5) is 14.5 Å². The van der Waals surface area contributed by atoms with Gasteiger partial charge in [-0.25, -0.2) is 8.78 Å². The first-order valence-corrected chi connectivity index (χ1v) is 7.96. The van der Waals surface area contributed by atoms with Crippen molar-refractivity contribution < 1.29 is 18.7 Å². The van der Waals surface area contributed by atoms with Gasteiger partial charge in [-0.3, -0.25) is 9.69 Å². The fourth-order valence-electron chi connectivity index (χ4n) is 2.60. The van der Waals surface area contributed by atoms with Gasteiger partial charge in [0.25, 0.3) is 0 Å². The van der Waals surface area contributed by atoms with Crippen molar-refractivity contribution in [1.82, 2.24) is 4.90 Å². The zero-order valence-electron chi connectivity index (χ0n) is 14.5. The number of carbonyl (C=O) groups excluding carboxylic acids is 1. The highest BCUT2D eigenvalue weighted by molar-refractivity contribution is 5.93. The Morgan fingerprint density at radius 3 is 2.40 bits per heavy atom. The molecule has 25 heavy (non-hydrogen) atoms. The summed E-state index contributed by atoms with van der Waals surface area (Å²) < 4.78 is 27.4. The monoisotopic (exact) mass is 348 g/mol. The molecule has 134 valence electrons. The van der Waals surface area contributed by atoms with E-state index in [0.29, 0.717) is 0 Å². The largest absolute Gasteiger partial charge is 0.387 e. The van der Waals surface area contributed by atoms with Gasteiger partial charge in [0.05, 0.1) is 18.2 Å². The summed E-state index contributed by atoms with van der Waals surface area (Å²) in [4.78, 5) is 13.7. The summed E-state index contributed by atoms with van der Waals surface area (Å²) in [6.45, 7) is 3.79. The van der Waals surface area contributed by atoms with Crippen molar-refractivity contribution in [1.29, 1.82) is 0 Å². The molecule has 0 aliphatic carbocycles. The number of nitrogens with one attached hydrogen (secondary N) is 1. The van der Waals surface area contributed by atoms with E-state index in [1.54, 1.807) is 7.05 Å². The first kappa shape index (κ1) is 19.0. The van der Waals surface area contributed by atoms with Gasteiger partial charge in [-0.15, -0.1) is 0 Å². The Labute approximate surface area is 146 Å². The lowest BCUT2D eigenvalue weighted by Gasteiger charge is -2.21. The number of nitrogens with zero attached hydrogens (tertiary/aromatic N) is 1. The number of hydrogen-bond acceptors (Lipinski definition) is 3. The lowest BCUT2D eigenvalue weighted by atomic mass is 10.1. The quantitative estimate of drug-likeness (QED) is 0.843. The summed E-state index contributed by atoms with van der Waals surface area (Å²) in [5, 5.41) is 12.9. The van der Waals surface area contributed by atoms with Crippen molar-refractivity contribution in [3.8, 4) is 0 Å². The zero-order valence-corrected chi connectivity index (χ0v) is 14.5. The molecule has 0 saturated heterocycles. The number of benzene rings is 2. The Bertz CT molecular complexity index is 745. The molecule has 6 heteroatoms. The van der Waals surface area contributed by atoms with Gasteiger partial charge in [-0.1, -0.05) is 18.2 Å². The molecule has 0 bridgehead atoms. The number of aliphatic hydroxyl groups is 1. The molecule has 2 aromatic carbocycles. The van der Waals surface area contributed by atoms with Crippen LogP contribution < -0.4 is 5.32 Å². The predicted octanol–water partition coefficient (Wildman–Crippen LogP) is 3.19. The molecule has 1 unspecified atom stereocenters. The molecule has 0 spiro atoms. The number of amides is 1. The lowest BCUT2D eigenvalue weighted by Crippen LogP contribution is -2.33. The van der Waals surface area contributed by atoms with Crippen molar-refractivity contribution in [2.45, 2.75) is 20.0 Å². The number of anilines is 1. The van der Waals surface area contributed by atoms with Crippen LogP contribution in [0.25, 0.3) is 0 Å². The van der Waals surface area contributed by atoms with E-state index in [-0.39, 0.29) is 24.6 Å². The Morgan fingerprint density at radius 2 is 1.76 bits per heavy atom. The lowest BCUT2D eigenvalue weighted by molar-refractivity contribution is -0.117. The molecule has 2 aromatic rings. The van der Waals surface area contributed by atoms with Crippen LogP contribution in [0, 0.1) is 25.5 Å². The molecule has 0 radical (unpaired) electrons. The van der Waals surface area contributed by atoms with Crippen LogP contribution in [0.1, 0.15) is 22.8 Å². The van der Waals surface area contributed by atoms with Gasteiger partial charge < -0.3 is 10.4 Å². The number of aryl methyl sites for hydroxylation is 1. The van der Waals surface area contributed by atoms with Crippen LogP contribution in [0.5, 0.6) is 0 Å². The fourth-order valence-corrected chi connectivity index (χ4v) is 2.60. The smallest absolute Gasteiger partial charge is 0.238 e. The molecule has 0 aromatic heterocycles. The van der Waals surface area contributed by atoms with Gasteiger partial charge in [0.2, 0.25) is 5.91 Å². The van der Waals surface area contributed by atoms with Crippen molar-refractivity contribution in [3.63, 3.8) is 0 Å². The Kier molecular flexibility index (Phi) is 6.22. The Morgan fingerprint density at radius 1 is 1.16 bits per heavy atom. The van der Waals surface area contributed by atoms with E-state index in [4.69, 9.17) is 0 Å². The second kappa shape index (κ2) is 8.18. The van der Waals surface area contributed by atoms with Crippen LogP contribution >= 0.6 is 0 Å². The molecular weight excluding hydrogens is 326 g/mol. The van der Waals surface area contributed by atoms with E-state index in [1.807, 2.05) is 32.0 Å². The van der Waals surface area contributed by atoms with Gasteiger partial charge in [-0.05, 0) is 50.2 Å². The molecule has 0 fully saturated rings. The van der Waals surface area contributed by atoms with E-state index in [1.165, 1.54) is 11.0 Å². The second-order valence-corrected chi connectivity index (χ2v) is 6.14. The van der Waals surface area contributed by atoms with Crippen LogP contribution in [-0.2, 0) is 4.79 Å². The van der Waals surface area contributed by atoms with Gasteiger partial charge >= 0.3 is 0 Å². The average molecular weight is 348 g/mol. The summed E-state index contributed by atoms with van der Waals surface area (Å²) in [7, 11) is 1.60. The average Bonchev–Trinajstić information content (AvgIpc) is 2.51. The number of carbonyl (C=O) groups is 1. The van der Waals surface area contributed by atoms with Crippen LogP contribution in [0.3, 0.4) is 0 Å². The SMILES string of the molecule is Cc1cccc(NC(=O)CN(C)CC(O)c2c(F)cccc2F)c1C. The first-order valence-electron chi connectivity index (χ1n) is 7.96. The molecule has 0 heterocycles. The molecule has 1 amide bonds. The Hall–Kier alpha value is -2.31. The summed E-state index contributed by atoms with van der Waals surface area (Å²) in [6.07, 6.45) is -1.36. The molecule has 0 saturated carbocycles. The normalized spacial score (nSPS) is 12.3. The van der Waals surface area contributed by atoms with Crippen LogP contribution in [0.2, 0.25) is 0 Å². The zero-order chi connectivity index (χ0) is 18.6.